The summed E-state index contributed by atoms with van der Waals surface area (Å²) in [5.41, 5.74) is 6.21. The fourth-order valence-corrected chi connectivity index (χ4v) is 6.58. The molecule has 0 bridgehead atoms. The highest BCUT2D eigenvalue weighted by Crippen LogP contribution is 2.33. The molecule has 7 heteroatoms. The minimum atomic E-state index is -3.57. The molecule has 0 aromatic heterocycles. The Bertz CT molecular complexity index is 581. The van der Waals surface area contributed by atoms with Crippen LogP contribution in [-0.2, 0) is 10.0 Å². The van der Waals surface area contributed by atoms with Gasteiger partial charge in [0.15, 0.2) is 0 Å². The van der Waals surface area contributed by atoms with Gasteiger partial charge in [0.1, 0.15) is 4.90 Å². The summed E-state index contributed by atoms with van der Waals surface area (Å²) in [4.78, 5) is 0.212. The molecule has 0 spiro atoms. The second-order valence-corrected chi connectivity index (χ2v) is 8.66. The van der Waals surface area contributed by atoms with Crippen molar-refractivity contribution < 1.29 is 8.42 Å². The highest BCUT2D eigenvalue weighted by Gasteiger charge is 2.29. The largest absolute Gasteiger partial charge is 0.399 e. The predicted molar refractivity (Wildman–Crippen MR) is 88.0 cm³/mol. The van der Waals surface area contributed by atoms with E-state index in [1.54, 1.807) is 12.1 Å². The van der Waals surface area contributed by atoms with Crippen LogP contribution in [0.2, 0.25) is 0 Å². The van der Waals surface area contributed by atoms with E-state index in [0.717, 1.165) is 19.3 Å². The van der Waals surface area contributed by atoms with Crippen molar-refractivity contribution in [3.63, 3.8) is 0 Å². The molecule has 0 radical (unpaired) electrons. The van der Waals surface area contributed by atoms with Crippen LogP contribution in [0.3, 0.4) is 0 Å². The highest BCUT2D eigenvalue weighted by molar-refractivity contribution is 9.11. The van der Waals surface area contributed by atoms with Crippen LogP contribution in [0, 0.1) is 5.92 Å². The zero-order valence-electron chi connectivity index (χ0n) is 11.2. The fraction of sp³-hybridized carbons (Fsp3) is 0.538. The molecule has 0 heterocycles. The summed E-state index contributed by atoms with van der Waals surface area (Å²) in [6.07, 6.45) is 4.21. The highest BCUT2D eigenvalue weighted by atomic mass is 79.9. The van der Waals surface area contributed by atoms with Crippen molar-refractivity contribution >= 4 is 47.6 Å². The van der Waals surface area contributed by atoms with Gasteiger partial charge >= 0.3 is 0 Å². The van der Waals surface area contributed by atoms with Crippen LogP contribution in [0.25, 0.3) is 0 Å². The van der Waals surface area contributed by atoms with Crippen molar-refractivity contribution in [2.75, 3.05) is 5.73 Å². The van der Waals surface area contributed by atoms with Gasteiger partial charge in [-0.3, -0.25) is 0 Å². The Morgan fingerprint density at radius 2 is 1.75 bits per heavy atom. The normalized spacial score (nSPS) is 23.8. The van der Waals surface area contributed by atoms with Crippen molar-refractivity contribution in [3.8, 4) is 0 Å². The van der Waals surface area contributed by atoms with Gasteiger partial charge in [-0.05, 0) is 62.8 Å². The summed E-state index contributed by atoms with van der Waals surface area (Å²) in [7, 11) is -3.57. The molecule has 2 rings (SSSR count). The number of rotatable bonds is 3. The van der Waals surface area contributed by atoms with E-state index in [4.69, 9.17) is 5.73 Å². The van der Waals surface area contributed by atoms with Gasteiger partial charge in [0.05, 0.1) is 0 Å². The molecule has 1 aliphatic rings. The third-order valence-electron chi connectivity index (χ3n) is 3.71. The number of hydrogen-bond acceptors (Lipinski definition) is 3. The van der Waals surface area contributed by atoms with Gasteiger partial charge in [-0.2, -0.15) is 0 Å². The summed E-state index contributed by atoms with van der Waals surface area (Å²) >= 11 is 6.57. The quantitative estimate of drug-likeness (QED) is 0.726. The third-order valence-corrected chi connectivity index (χ3v) is 7.07. The molecule has 2 atom stereocenters. The molecule has 1 fully saturated rings. The lowest BCUT2D eigenvalue weighted by atomic mass is 9.87. The lowest BCUT2D eigenvalue weighted by Gasteiger charge is -2.29. The molecule has 112 valence electrons. The van der Waals surface area contributed by atoms with Gasteiger partial charge in [-0.25, -0.2) is 13.1 Å². The first-order chi connectivity index (χ1) is 9.31. The Labute approximate surface area is 136 Å². The Kier molecular flexibility index (Phi) is 5.15. The van der Waals surface area contributed by atoms with E-state index in [2.05, 4.69) is 43.5 Å². The Morgan fingerprint density at radius 1 is 1.20 bits per heavy atom. The molecule has 1 saturated carbocycles. The number of nitrogens with two attached hydrogens (primary N) is 1. The lowest BCUT2D eigenvalue weighted by Crippen LogP contribution is -2.41. The fourth-order valence-electron chi connectivity index (χ4n) is 2.59. The van der Waals surface area contributed by atoms with Gasteiger partial charge in [-0.1, -0.05) is 19.8 Å². The molecule has 0 amide bonds. The van der Waals surface area contributed by atoms with Crippen LogP contribution in [0.15, 0.2) is 26.0 Å². The predicted octanol–water partition coefficient (Wildman–Crippen LogP) is 3.65. The van der Waals surface area contributed by atoms with E-state index in [0.29, 0.717) is 20.6 Å². The molecular weight excluding hydrogens is 408 g/mol. The van der Waals surface area contributed by atoms with Crippen molar-refractivity contribution in [2.24, 2.45) is 5.92 Å². The molecule has 1 aromatic rings. The summed E-state index contributed by atoms with van der Waals surface area (Å²) < 4.78 is 29.0. The number of benzene rings is 1. The van der Waals surface area contributed by atoms with Gasteiger partial charge in [0.25, 0.3) is 0 Å². The number of anilines is 1. The van der Waals surface area contributed by atoms with E-state index >= 15 is 0 Å². The molecule has 1 aromatic carbocycles. The van der Waals surface area contributed by atoms with Gasteiger partial charge in [0, 0.05) is 20.7 Å². The van der Waals surface area contributed by atoms with Gasteiger partial charge in [-0.15, -0.1) is 0 Å². The van der Waals surface area contributed by atoms with Gasteiger partial charge in [0.2, 0.25) is 10.0 Å². The average molecular weight is 426 g/mol. The first-order valence-electron chi connectivity index (χ1n) is 6.58. The molecule has 4 nitrogen and oxygen atoms in total. The van der Waals surface area contributed by atoms with Crippen molar-refractivity contribution in [1.29, 1.82) is 0 Å². The molecule has 2 unspecified atom stereocenters. The van der Waals surface area contributed by atoms with Crippen molar-refractivity contribution in [3.05, 3.63) is 21.1 Å². The Balaban J connectivity index is 2.31. The molecule has 1 aliphatic carbocycles. The van der Waals surface area contributed by atoms with E-state index in [1.807, 2.05) is 0 Å². The maximum absolute atomic E-state index is 12.6. The Hall–Kier alpha value is -0.110. The zero-order valence-corrected chi connectivity index (χ0v) is 15.2. The molecular formula is C13H18Br2N2O2S. The molecule has 0 aliphatic heterocycles. The summed E-state index contributed by atoms with van der Waals surface area (Å²) in [6, 6.07) is 3.21. The van der Waals surface area contributed by atoms with E-state index in [1.165, 1.54) is 6.42 Å². The van der Waals surface area contributed by atoms with Crippen LogP contribution < -0.4 is 10.5 Å². The van der Waals surface area contributed by atoms with Crippen LogP contribution in [0.5, 0.6) is 0 Å². The minimum absolute atomic E-state index is 0.00473. The van der Waals surface area contributed by atoms with E-state index < -0.39 is 10.0 Å². The van der Waals surface area contributed by atoms with Crippen molar-refractivity contribution in [2.45, 2.75) is 43.5 Å². The molecule has 3 N–H and O–H groups in total. The summed E-state index contributed by atoms with van der Waals surface area (Å²) in [5.74, 6) is 0.366. The van der Waals surface area contributed by atoms with E-state index in [-0.39, 0.29) is 10.9 Å². The van der Waals surface area contributed by atoms with Gasteiger partial charge < -0.3 is 5.73 Å². The van der Waals surface area contributed by atoms with Crippen molar-refractivity contribution in [1.82, 2.24) is 4.72 Å². The van der Waals surface area contributed by atoms with Crippen LogP contribution in [-0.4, -0.2) is 14.5 Å². The number of nitrogen functional groups attached to an aromatic ring is 1. The maximum Gasteiger partial charge on any atom is 0.243 e. The topological polar surface area (TPSA) is 72.2 Å². The van der Waals surface area contributed by atoms with E-state index in [9.17, 15) is 8.42 Å². The SMILES string of the molecule is CC1CCCCC1NS(=O)(=O)c1c(Br)cc(N)cc1Br. The first kappa shape index (κ1) is 16.3. The zero-order chi connectivity index (χ0) is 14.9. The first-order valence-corrected chi connectivity index (χ1v) is 9.65. The second-order valence-electron chi connectivity index (χ2n) is 5.30. The number of sulfonamides is 1. The number of hydrogen-bond donors (Lipinski definition) is 2. The standard InChI is InChI=1S/C13H18Br2N2O2S/c1-8-4-2-3-5-12(8)17-20(18,19)13-10(14)6-9(16)7-11(13)15/h6-8,12,17H,2-5,16H2,1H3. The molecule has 20 heavy (non-hydrogen) atoms. The smallest absolute Gasteiger partial charge is 0.243 e. The van der Waals surface area contributed by atoms with Crippen LogP contribution in [0.4, 0.5) is 5.69 Å². The number of nitrogens with one attached hydrogen (secondary N) is 1. The third kappa shape index (κ3) is 3.55. The summed E-state index contributed by atoms with van der Waals surface area (Å²) in [5, 5.41) is 0. The van der Waals surface area contributed by atoms with Crippen LogP contribution >= 0.6 is 31.9 Å². The van der Waals surface area contributed by atoms with Crippen LogP contribution in [0.1, 0.15) is 32.6 Å². The molecule has 0 saturated heterocycles. The Morgan fingerprint density at radius 3 is 2.30 bits per heavy atom. The average Bonchev–Trinajstić information content (AvgIpc) is 2.30. The minimum Gasteiger partial charge on any atom is -0.399 e. The second kappa shape index (κ2) is 6.34. The monoisotopic (exact) mass is 424 g/mol. The summed E-state index contributed by atoms with van der Waals surface area (Å²) in [6.45, 7) is 2.10. The lowest BCUT2D eigenvalue weighted by molar-refractivity contribution is 0.310. The maximum atomic E-state index is 12.6. The number of halogens is 2.